The molecule has 3 heteroatoms. The highest BCUT2D eigenvalue weighted by Gasteiger charge is 2.34. The number of anilines is 1. The fourth-order valence-electron chi connectivity index (χ4n) is 2.69. The van der Waals surface area contributed by atoms with Gasteiger partial charge in [-0.05, 0) is 49.8 Å². The summed E-state index contributed by atoms with van der Waals surface area (Å²) in [5, 5.41) is 13.6. The van der Waals surface area contributed by atoms with Gasteiger partial charge in [0.05, 0.1) is 6.07 Å². The van der Waals surface area contributed by atoms with Crippen LogP contribution in [0.3, 0.4) is 0 Å². The Bertz CT molecular complexity index is 442. The van der Waals surface area contributed by atoms with Gasteiger partial charge >= 0.3 is 0 Å². The molecule has 2 rings (SSSR count). The minimum Gasteiger partial charge on any atom is -0.367 e. The van der Waals surface area contributed by atoms with Gasteiger partial charge in [0.25, 0.3) is 0 Å². The van der Waals surface area contributed by atoms with Crippen molar-refractivity contribution in [1.29, 1.82) is 5.26 Å². The van der Waals surface area contributed by atoms with Gasteiger partial charge in [-0.15, -0.1) is 0 Å². The zero-order chi connectivity index (χ0) is 13.0. The highest BCUT2D eigenvalue weighted by molar-refractivity contribution is 6.30. The van der Waals surface area contributed by atoms with Gasteiger partial charge in [-0.3, -0.25) is 0 Å². The Balaban J connectivity index is 2.08. The van der Waals surface area contributed by atoms with Crippen molar-refractivity contribution < 1.29 is 0 Å². The molecule has 1 saturated carbocycles. The molecule has 1 aromatic rings. The molecule has 1 fully saturated rings. The monoisotopic (exact) mass is 262 g/mol. The third kappa shape index (κ3) is 2.97. The number of nitrogens with zero attached hydrogens (tertiary/aromatic N) is 1. The van der Waals surface area contributed by atoms with Crippen LogP contribution in [0.4, 0.5) is 5.69 Å². The molecule has 0 bridgehead atoms. The first-order valence-corrected chi connectivity index (χ1v) is 7.00. The third-order valence-corrected chi connectivity index (χ3v) is 4.19. The van der Waals surface area contributed by atoms with E-state index in [4.69, 9.17) is 11.6 Å². The van der Waals surface area contributed by atoms with E-state index in [9.17, 15) is 5.26 Å². The van der Waals surface area contributed by atoms with Crippen LogP contribution in [-0.4, -0.2) is 5.54 Å². The smallest absolute Gasteiger partial charge is 0.125 e. The molecule has 0 atom stereocenters. The lowest BCUT2D eigenvalue weighted by Crippen LogP contribution is -2.40. The summed E-state index contributed by atoms with van der Waals surface area (Å²) in [7, 11) is 0. The van der Waals surface area contributed by atoms with E-state index >= 15 is 0 Å². The van der Waals surface area contributed by atoms with Crippen LogP contribution in [0.1, 0.15) is 39.0 Å². The SMILES string of the molecule is CCC1CCC(C#N)(Nc2cccc(Cl)c2)CC1. The first kappa shape index (κ1) is 13.2. The topological polar surface area (TPSA) is 35.8 Å². The van der Waals surface area contributed by atoms with E-state index in [0.717, 1.165) is 37.3 Å². The maximum absolute atomic E-state index is 9.49. The van der Waals surface area contributed by atoms with Gasteiger partial charge in [0.1, 0.15) is 5.54 Å². The summed E-state index contributed by atoms with van der Waals surface area (Å²) in [6, 6.07) is 10.1. The molecular weight excluding hydrogens is 244 g/mol. The van der Waals surface area contributed by atoms with Crippen LogP contribution in [0.25, 0.3) is 0 Å². The standard InChI is InChI=1S/C15H19ClN2/c1-2-12-6-8-15(11-17,9-7-12)18-14-5-3-4-13(16)10-14/h3-5,10,12,18H,2,6-9H2,1H3. The second-order valence-corrected chi connectivity index (χ2v) is 5.62. The molecule has 1 N–H and O–H groups in total. The summed E-state index contributed by atoms with van der Waals surface area (Å²) in [6.07, 6.45) is 5.34. The van der Waals surface area contributed by atoms with E-state index in [2.05, 4.69) is 18.3 Å². The maximum Gasteiger partial charge on any atom is 0.125 e. The number of rotatable bonds is 3. The van der Waals surface area contributed by atoms with Gasteiger partial charge in [0.2, 0.25) is 0 Å². The highest BCUT2D eigenvalue weighted by atomic mass is 35.5. The predicted octanol–water partition coefficient (Wildman–Crippen LogP) is 4.61. The number of hydrogen-bond donors (Lipinski definition) is 1. The van der Waals surface area contributed by atoms with E-state index in [1.54, 1.807) is 0 Å². The number of benzene rings is 1. The quantitative estimate of drug-likeness (QED) is 0.863. The van der Waals surface area contributed by atoms with Crippen LogP contribution in [0.2, 0.25) is 5.02 Å². The summed E-state index contributed by atoms with van der Waals surface area (Å²) >= 11 is 5.97. The Morgan fingerprint density at radius 3 is 2.72 bits per heavy atom. The summed E-state index contributed by atoms with van der Waals surface area (Å²) in [4.78, 5) is 0. The number of halogens is 1. The van der Waals surface area contributed by atoms with Crippen LogP contribution < -0.4 is 5.32 Å². The molecule has 18 heavy (non-hydrogen) atoms. The normalized spacial score (nSPS) is 27.5. The Morgan fingerprint density at radius 2 is 2.17 bits per heavy atom. The van der Waals surface area contributed by atoms with Gasteiger partial charge in [0, 0.05) is 10.7 Å². The van der Waals surface area contributed by atoms with Gasteiger partial charge < -0.3 is 5.32 Å². The predicted molar refractivity (Wildman–Crippen MR) is 75.7 cm³/mol. The molecule has 0 spiro atoms. The van der Waals surface area contributed by atoms with E-state index in [1.165, 1.54) is 6.42 Å². The molecule has 2 nitrogen and oxygen atoms in total. The van der Waals surface area contributed by atoms with E-state index in [0.29, 0.717) is 5.02 Å². The highest BCUT2D eigenvalue weighted by Crippen LogP contribution is 2.36. The summed E-state index contributed by atoms with van der Waals surface area (Å²) in [5.74, 6) is 0.785. The van der Waals surface area contributed by atoms with Crippen molar-refractivity contribution in [2.75, 3.05) is 5.32 Å². The molecule has 1 aliphatic carbocycles. The molecule has 0 radical (unpaired) electrons. The van der Waals surface area contributed by atoms with Crippen molar-refractivity contribution in [3.8, 4) is 6.07 Å². The Labute approximate surface area is 114 Å². The van der Waals surface area contributed by atoms with Crippen LogP contribution in [0.5, 0.6) is 0 Å². The van der Waals surface area contributed by atoms with Crippen LogP contribution >= 0.6 is 11.6 Å². The molecule has 1 aromatic carbocycles. The average molecular weight is 263 g/mol. The molecule has 0 amide bonds. The molecule has 0 heterocycles. The second kappa shape index (κ2) is 5.63. The molecule has 0 aliphatic heterocycles. The first-order chi connectivity index (χ1) is 8.67. The summed E-state index contributed by atoms with van der Waals surface area (Å²) in [5.41, 5.74) is 0.537. The van der Waals surface area contributed by atoms with Gasteiger partial charge in [-0.1, -0.05) is 31.0 Å². The minimum atomic E-state index is -0.406. The molecule has 0 saturated heterocycles. The van der Waals surface area contributed by atoms with Crippen molar-refractivity contribution in [3.05, 3.63) is 29.3 Å². The Kier molecular flexibility index (Phi) is 4.14. The fraction of sp³-hybridized carbons (Fsp3) is 0.533. The van der Waals surface area contributed by atoms with Crippen molar-refractivity contribution >= 4 is 17.3 Å². The van der Waals surface area contributed by atoms with Crippen molar-refractivity contribution in [2.45, 2.75) is 44.6 Å². The van der Waals surface area contributed by atoms with E-state index < -0.39 is 5.54 Å². The third-order valence-electron chi connectivity index (χ3n) is 3.96. The molecule has 96 valence electrons. The van der Waals surface area contributed by atoms with Crippen molar-refractivity contribution in [3.63, 3.8) is 0 Å². The number of nitrogens with one attached hydrogen (secondary N) is 1. The second-order valence-electron chi connectivity index (χ2n) is 5.18. The van der Waals surface area contributed by atoms with E-state index in [1.807, 2.05) is 24.3 Å². The summed E-state index contributed by atoms with van der Waals surface area (Å²) in [6.45, 7) is 2.23. The average Bonchev–Trinajstić information content (AvgIpc) is 2.39. The Hall–Kier alpha value is -1.20. The minimum absolute atomic E-state index is 0.406. The van der Waals surface area contributed by atoms with Crippen LogP contribution in [0.15, 0.2) is 24.3 Å². The van der Waals surface area contributed by atoms with Gasteiger partial charge in [-0.2, -0.15) is 5.26 Å². The van der Waals surface area contributed by atoms with Gasteiger partial charge in [0.15, 0.2) is 0 Å². The van der Waals surface area contributed by atoms with Crippen LogP contribution in [0, 0.1) is 17.2 Å². The van der Waals surface area contributed by atoms with Crippen molar-refractivity contribution in [1.82, 2.24) is 0 Å². The fourth-order valence-corrected chi connectivity index (χ4v) is 2.88. The zero-order valence-electron chi connectivity index (χ0n) is 10.7. The lowest BCUT2D eigenvalue weighted by atomic mass is 9.76. The summed E-state index contributed by atoms with van der Waals surface area (Å²) < 4.78 is 0. The van der Waals surface area contributed by atoms with Crippen molar-refractivity contribution in [2.24, 2.45) is 5.92 Å². The number of nitriles is 1. The largest absolute Gasteiger partial charge is 0.367 e. The number of hydrogen-bond acceptors (Lipinski definition) is 2. The molecule has 1 aliphatic rings. The maximum atomic E-state index is 9.49. The van der Waals surface area contributed by atoms with Gasteiger partial charge in [-0.25, -0.2) is 0 Å². The zero-order valence-corrected chi connectivity index (χ0v) is 11.5. The molecule has 0 unspecified atom stereocenters. The Morgan fingerprint density at radius 1 is 1.44 bits per heavy atom. The lowest BCUT2D eigenvalue weighted by Gasteiger charge is -2.36. The lowest BCUT2D eigenvalue weighted by molar-refractivity contribution is 0.290. The van der Waals surface area contributed by atoms with Crippen LogP contribution in [-0.2, 0) is 0 Å². The van der Waals surface area contributed by atoms with E-state index in [-0.39, 0.29) is 0 Å². The molecular formula is C15H19ClN2. The first-order valence-electron chi connectivity index (χ1n) is 6.62. The molecule has 0 aromatic heterocycles.